The van der Waals surface area contributed by atoms with Gasteiger partial charge in [-0.05, 0) is 54.6 Å². The van der Waals surface area contributed by atoms with Crippen molar-refractivity contribution >= 4 is 38.2 Å². The van der Waals surface area contributed by atoms with Crippen LogP contribution in [0.2, 0.25) is 0 Å². The molecule has 3 N–H and O–H groups in total. The molecule has 0 aliphatic carbocycles. The molecule has 0 fully saturated rings. The molecule has 4 aromatic rings. The van der Waals surface area contributed by atoms with Crippen LogP contribution in [0.25, 0.3) is 10.9 Å². The highest BCUT2D eigenvalue weighted by molar-refractivity contribution is 7.92. The van der Waals surface area contributed by atoms with Crippen LogP contribution in [0.1, 0.15) is 10.4 Å². The first kappa shape index (κ1) is 23.8. The van der Waals surface area contributed by atoms with E-state index in [1.807, 2.05) is 0 Å². The van der Waals surface area contributed by atoms with Crippen molar-refractivity contribution in [1.29, 1.82) is 0 Å². The monoisotopic (exact) mass is 497 g/mol. The maximum Gasteiger partial charge on any atom is 0.261 e. The number of anilines is 2. The Morgan fingerprint density at radius 1 is 0.943 bits per heavy atom. The van der Waals surface area contributed by atoms with Gasteiger partial charge in [-0.15, -0.1) is 0 Å². The number of amides is 1. The van der Waals surface area contributed by atoms with Gasteiger partial charge in [-0.25, -0.2) is 12.8 Å². The molecule has 1 amide bonds. The summed E-state index contributed by atoms with van der Waals surface area (Å²) in [6.07, 6.45) is 0. The summed E-state index contributed by atoms with van der Waals surface area (Å²) in [5.41, 5.74) is 0.181. The van der Waals surface area contributed by atoms with Crippen LogP contribution in [0.3, 0.4) is 0 Å². The molecule has 1 heterocycles. The smallest absolute Gasteiger partial charge is 0.261 e. The van der Waals surface area contributed by atoms with Gasteiger partial charge in [-0.2, -0.15) is 0 Å². The van der Waals surface area contributed by atoms with Crippen molar-refractivity contribution in [2.24, 2.45) is 0 Å². The normalized spacial score (nSPS) is 11.2. The second-order valence-electron chi connectivity index (χ2n) is 7.39. The quantitative estimate of drug-likeness (QED) is 0.357. The highest BCUT2D eigenvalue weighted by Crippen LogP contribution is 2.30. The zero-order valence-corrected chi connectivity index (χ0v) is 19.4. The van der Waals surface area contributed by atoms with E-state index >= 15 is 0 Å². The third kappa shape index (κ3) is 5.09. The van der Waals surface area contributed by atoms with E-state index < -0.39 is 27.3 Å². The van der Waals surface area contributed by atoms with Crippen LogP contribution >= 0.6 is 0 Å². The zero-order valence-electron chi connectivity index (χ0n) is 18.6. The second-order valence-corrected chi connectivity index (χ2v) is 9.07. The van der Waals surface area contributed by atoms with E-state index in [2.05, 4.69) is 15.0 Å². The van der Waals surface area contributed by atoms with E-state index in [-0.39, 0.29) is 27.0 Å². The molecule has 0 aliphatic rings. The van der Waals surface area contributed by atoms with Gasteiger partial charge in [0, 0.05) is 28.7 Å². The molecule has 0 unspecified atom stereocenters. The molecule has 0 radical (unpaired) electrons. The Labute approximate surface area is 199 Å². The number of pyridine rings is 1. The van der Waals surface area contributed by atoms with E-state index in [1.54, 1.807) is 18.2 Å². The van der Waals surface area contributed by atoms with Gasteiger partial charge in [0.15, 0.2) is 0 Å². The SMILES string of the molecule is COc1ccc(NC(=O)c2cc(=O)[nH]c3ccc(S(=O)(=O)Nc4ccc(F)cc4)cc23)c(OC)c1. The largest absolute Gasteiger partial charge is 0.497 e. The highest BCUT2D eigenvalue weighted by atomic mass is 32.2. The minimum absolute atomic E-state index is 0.0412. The molecule has 0 bridgehead atoms. The van der Waals surface area contributed by atoms with Gasteiger partial charge >= 0.3 is 0 Å². The van der Waals surface area contributed by atoms with E-state index in [4.69, 9.17) is 9.47 Å². The topological polar surface area (TPSA) is 127 Å². The average Bonchev–Trinajstić information content (AvgIpc) is 2.84. The predicted octanol–water partition coefficient (Wildman–Crippen LogP) is 3.74. The third-order valence-electron chi connectivity index (χ3n) is 5.12. The Hall–Kier alpha value is -4.38. The molecule has 9 nitrogen and oxygen atoms in total. The van der Waals surface area contributed by atoms with Crippen LogP contribution in [-0.2, 0) is 10.0 Å². The maximum atomic E-state index is 13.2. The van der Waals surface area contributed by atoms with Crippen molar-refractivity contribution in [2.45, 2.75) is 4.90 Å². The standard InChI is InChI=1S/C24H20FN3O6S/c1-33-16-7-9-21(22(11-16)34-2)27-24(30)19-13-23(29)26-20-10-8-17(12-18(19)20)35(31,32)28-15-5-3-14(25)4-6-15/h3-13,28H,1-2H3,(H,26,29)(H,27,30). The molecule has 180 valence electrons. The second kappa shape index (κ2) is 9.47. The van der Waals surface area contributed by atoms with Crippen molar-refractivity contribution in [3.05, 3.63) is 88.5 Å². The average molecular weight is 498 g/mol. The Bertz CT molecular complexity index is 1580. The minimum atomic E-state index is -4.08. The van der Waals surface area contributed by atoms with Gasteiger partial charge < -0.3 is 19.8 Å². The molecule has 1 aromatic heterocycles. The van der Waals surface area contributed by atoms with Crippen LogP contribution in [0, 0.1) is 5.82 Å². The number of ether oxygens (including phenoxy) is 2. The number of aromatic nitrogens is 1. The van der Waals surface area contributed by atoms with Gasteiger partial charge in [-0.1, -0.05) is 0 Å². The molecule has 0 saturated carbocycles. The Kier molecular flexibility index (Phi) is 6.43. The number of methoxy groups -OCH3 is 2. The van der Waals surface area contributed by atoms with Gasteiger partial charge in [0.25, 0.3) is 15.9 Å². The van der Waals surface area contributed by atoms with Crippen molar-refractivity contribution in [2.75, 3.05) is 24.3 Å². The Morgan fingerprint density at radius 3 is 2.37 bits per heavy atom. The van der Waals surface area contributed by atoms with Crippen LogP contribution in [0.4, 0.5) is 15.8 Å². The number of H-pyrrole nitrogens is 1. The number of aromatic amines is 1. The molecular weight excluding hydrogens is 477 g/mol. The van der Waals surface area contributed by atoms with E-state index in [0.717, 1.165) is 18.2 Å². The van der Waals surface area contributed by atoms with Gasteiger partial charge in [0.05, 0.1) is 30.4 Å². The molecule has 35 heavy (non-hydrogen) atoms. The molecule has 4 rings (SSSR count). The van der Waals surface area contributed by atoms with E-state index in [1.165, 1.54) is 44.6 Å². The number of hydrogen-bond donors (Lipinski definition) is 3. The molecule has 0 saturated heterocycles. The summed E-state index contributed by atoms with van der Waals surface area (Å²) >= 11 is 0. The molecule has 11 heteroatoms. The Morgan fingerprint density at radius 2 is 1.69 bits per heavy atom. The summed E-state index contributed by atoms with van der Waals surface area (Å²) < 4.78 is 51.8. The lowest BCUT2D eigenvalue weighted by atomic mass is 10.1. The van der Waals surface area contributed by atoms with Crippen molar-refractivity contribution in [3.63, 3.8) is 0 Å². The molecular formula is C24H20FN3O6S. The number of sulfonamides is 1. The zero-order chi connectivity index (χ0) is 25.2. The molecule has 0 aliphatic heterocycles. The maximum absolute atomic E-state index is 13.2. The number of benzene rings is 3. The van der Waals surface area contributed by atoms with Crippen LogP contribution in [-0.4, -0.2) is 33.5 Å². The number of halogens is 1. The number of hydrogen-bond acceptors (Lipinski definition) is 6. The van der Waals surface area contributed by atoms with Crippen LogP contribution in [0.5, 0.6) is 11.5 Å². The first-order valence-corrected chi connectivity index (χ1v) is 11.7. The lowest BCUT2D eigenvalue weighted by Gasteiger charge is -2.13. The predicted molar refractivity (Wildman–Crippen MR) is 129 cm³/mol. The summed E-state index contributed by atoms with van der Waals surface area (Å²) in [5.74, 6) is -0.305. The summed E-state index contributed by atoms with van der Waals surface area (Å²) in [4.78, 5) is 27.7. The van der Waals surface area contributed by atoms with E-state index in [0.29, 0.717) is 17.2 Å². The minimum Gasteiger partial charge on any atom is -0.497 e. The first-order chi connectivity index (χ1) is 16.7. The number of rotatable bonds is 7. The lowest BCUT2D eigenvalue weighted by molar-refractivity contribution is 0.102. The molecule has 0 atom stereocenters. The van der Waals surface area contributed by atoms with Crippen molar-refractivity contribution in [1.82, 2.24) is 4.98 Å². The Balaban J connectivity index is 1.73. The van der Waals surface area contributed by atoms with Gasteiger partial charge in [-0.3, -0.25) is 14.3 Å². The number of fused-ring (bicyclic) bond motifs is 1. The fourth-order valence-electron chi connectivity index (χ4n) is 3.41. The number of carbonyl (C=O) groups is 1. The fourth-order valence-corrected chi connectivity index (χ4v) is 4.50. The van der Waals surface area contributed by atoms with Gasteiger partial charge in [0.2, 0.25) is 5.56 Å². The molecule has 3 aromatic carbocycles. The summed E-state index contributed by atoms with van der Waals surface area (Å²) in [5, 5.41) is 2.88. The third-order valence-corrected chi connectivity index (χ3v) is 6.50. The summed E-state index contributed by atoms with van der Waals surface area (Å²) in [7, 11) is -1.16. The molecule has 0 spiro atoms. The summed E-state index contributed by atoms with van der Waals surface area (Å²) in [6.45, 7) is 0. The number of nitrogens with one attached hydrogen (secondary N) is 3. The van der Waals surface area contributed by atoms with Crippen LogP contribution in [0.15, 0.2) is 76.4 Å². The van der Waals surface area contributed by atoms with Crippen molar-refractivity contribution in [3.8, 4) is 11.5 Å². The van der Waals surface area contributed by atoms with Crippen molar-refractivity contribution < 1.29 is 27.1 Å². The lowest BCUT2D eigenvalue weighted by Crippen LogP contribution is -2.18. The summed E-state index contributed by atoms with van der Waals surface area (Å²) in [6, 6.07) is 14.6. The van der Waals surface area contributed by atoms with Crippen LogP contribution < -0.4 is 25.1 Å². The fraction of sp³-hybridized carbons (Fsp3) is 0.0833. The highest BCUT2D eigenvalue weighted by Gasteiger charge is 2.19. The number of carbonyl (C=O) groups excluding carboxylic acids is 1. The van der Waals surface area contributed by atoms with E-state index in [9.17, 15) is 22.4 Å². The van der Waals surface area contributed by atoms with Gasteiger partial charge in [0.1, 0.15) is 17.3 Å². The first-order valence-electron chi connectivity index (χ1n) is 10.2.